The highest BCUT2D eigenvalue weighted by Crippen LogP contribution is 2.51. The molecule has 6 nitrogen and oxygen atoms in total. The minimum atomic E-state index is -4.05. The highest BCUT2D eigenvalue weighted by molar-refractivity contribution is 7.99. The first-order valence-corrected chi connectivity index (χ1v) is 17.8. The number of carbonyl (C=O) groups is 1. The third-order valence-corrected chi connectivity index (χ3v) is 9.57. The van der Waals surface area contributed by atoms with E-state index in [2.05, 4.69) is 13.8 Å². The number of carbonyl (C=O) groups excluding carboxylic acids is 1. The van der Waals surface area contributed by atoms with Gasteiger partial charge >= 0.3 is 13.3 Å². The van der Waals surface area contributed by atoms with Gasteiger partial charge in [0.05, 0.1) is 12.7 Å². The van der Waals surface area contributed by atoms with Crippen molar-refractivity contribution < 1.29 is 28.2 Å². The van der Waals surface area contributed by atoms with E-state index in [9.17, 15) is 9.36 Å². The Morgan fingerprint density at radius 3 is 1.76 bits per heavy atom. The summed E-state index contributed by atoms with van der Waals surface area (Å²) in [6.07, 6.45) is 20.2. The van der Waals surface area contributed by atoms with Gasteiger partial charge < -0.3 is 4.52 Å². The Bertz CT molecular complexity index is 575. The van der Waals surface area contributed by atoms with Gasteiger partial charge in [-0.3, -0.25) is 9.41 Å². The molecule has 3 atom stereocenters. The molecule has 0 aliphatic carbocycles. The Morgan fingerprint density at radius 1 is 0.730 bits per heavy atom. The molecule has 0 aromatic heterocycles. The Labute approximate surface area is 233 Å². The summed E-state index contributed by atoms with van der Waals surface area (Å²) in [7, 11) is -4.05. The molecule has 0 fully saturated rings. The zero-order chi connectivity index (χ0) is 27.8. The largest absolute Gasteiger partial charge is 0.452 e. The maximum atomic E-state index is 12.9. The number of rotatable bonds is 27. The maximum absolute atomic E-state index is 12.9. The van der Waals surface area contributed by atoms with Crippen LogP contribution in [0.4, 0.5) is 4.79 Å². The van der Waals surface area contributed by atoms with Crippen LogP contribution in [0.2, 0.25) is 0 Å². The summed E-state index contributed by atoms with van der Waals surface area (Å²) in [5.41, 5.74) is -1.07. The van der Waals surface area contributed by atoms with E-state index >= 15 is 0 Å². The van der Waals surface area contributed by atoms with E-state index in [1.54, 1.807) is 13.8 Å². The second-order valence-corrected chi connectivity index (χ2v) is 13.6. The van der Waals surface area contributed by atoms with Crippen molar-refractivity contribution in [2.75, 3.05) is 12.4 Å². The van der Waals surface area contributed by atoms with Crippen LogP contribution in [-0.2, 0) is 23.4 Å². The van der Waals surface area contributed by atoms with Crippen LogP contribution in [-0.4, -0.2) is 35.5 Å². The van der Waals surface area contributed by atoms with E-state index in [4.69, 9.17) is 18.8 Å². The van der Waals surface area contributed by atoms with Crippen molar-refractivity contribution in [3.05, 3.63) is 0 Å². The monoisotopic (exact) mass is 566 g/mol. The molecule has 0 aromatic carbocycles. The van der Waals surface area contributed by atoms with Gasteiger partial charge in [0.1, 0.15) is 6.10 Å². The van der Waals surface area contributed by atoms with Gasteiger partial charge in [0, 0.05) is 5.25 Å². The summed E-state index contributed by atoms with van der Waals surface area (Å²) in [5.74, 6) is 1.08. The van der Waals surface area contributed by atoms with Gasteiger partial charge in [0.2, 0.25) is 0 Å². The van der Waals surface area contributed by atoms with Crippen LogP contribution in [0.5, 0.6) is 0 Å². The van der Waals surface area contributed by atoms with Crippen LogP contribution in [0.3, 0.4) is 0 Å². The zero-order valence-corrected chi connectivity index (χ0v) is 26.7. The van der Waals surface area contributed by atoms with E-state index in [0.717, 1.165) is 18.6 Å². The normalized spacial score (nSPS) is 15.0. The minimum Gasteiger partial charge on any atom is -0.301 e. The molecule has 8 heteroatoms. The summed E-state index contributed by atoms with van der Waals surface area (Å²) >= 11 is 1.91. The molecule has 3 unspecified atom stereocenters. The summed E-state index contributed by atoms with van der Waals surface area (Å²) in [5, 5.41) is 0.218. The smallest absolute Gasteiger partial charge is 0.301 e. The standard InChI is InChI=1S/C29H59O6PS/c1-7-10-12-14-16-18-20-22-25-37-28(23-21-19-17-15-13-11-8-2)27(6)33-34-29(30)36(31,32-24-9-3)35-26(4)5/h26-28H,7-25H2,1-6H3. The molecule has 0 aliphatic heterocycles. The van der Waals surface area contributed by atoms with Crippen molar-refractivity contribution >= 4 is 25.1 Å². The molecule has 0 aliphatic rings. The molecule has 0 rings (SSSR count). The fraction of sp³-hybridized carbons (Fsp3) is 0.966. The molecular weight excluding hydrogens is 507 g/mol. The fourth-order valence-corrected chi connectivity index (χ4v) is 6.75. The molecule has 0 spiro atoms. The quantitative estimate of drug-likeness (QED) is 0.0424. The average Bonchev–Trinajstić information content (AvgIpc) is 2.87. The first-order valence-electron chi connectivity index (χ1n) is 15.2. The lowest BCUT2D eigenvalue weighted by Crippen LogP contribution is -2.26. The first kappa shape index (κ1) is 36.9. The van der Waals surface area contributed by atoms with Crippen LogP contribution >= 0.6 is 19.4 Å². The summed E-state index contributed by atoms with van der Waals surface area (Å²) in [6.45, 7) is 11.9. The van der Waals surface area contributed by atoms with E-state index < -0.39 is 19.4 Å². The predicted molar refractivity (Wildman–Crippen MR) is 159 cm³/mol. The number of unbranched alkanes of at least 4 members (excludes halogenated alkanes) is 13. The van der Waals surface area contributed by atoms with Gasteiger partial charge in [0.25, 0.3) is 0 Å². The van der Waals surface area contributed by atoms with Crippen LogP contribution in [0.25, 0.3) is 0 Å². The molecule has 0 radical (unpaired) electrons. The highest BCUT2D eigenvalue weighted by atomic mass is 32.2. The topological polar surface area (TPSA) is 71.1 Å². The van der Waals surface area contributed by atoms with Gasteiger partial charge in [-0.05, 0) is 45.8 Å². The lowest BCUT2D eigenvalue weighted by atomic mass is 10.1. The second kappa shape index (κ2) is 24.9. The van der Waals surface area contributed by atoms with Gasteiger partial charge in [0.15, 0.2) is 0 Å². The van der Waals surface area contributed by atoms with Crippen molar-refractivity contribution in [1.29, 1.82) is 0 Å². The number of hydrogen-bond donors (Lipinski definition) is 0. The third-order valence-electron chi connectivity index (χ3n) is 6.26. The molecule has 0 amide bonds. The minimum absolute atomic E-state index is 0.157. The van der Waals surface area contributed by atoms with E-state index in [-0.39, 0.29) is 18.0 Å². The van der Waals surface area contributed by atoms with E-state index in [1.807, 2.05) is 25.6 Å². The number of thioether (sulfide) groups is 1. The highest BCUT2D eigenvalue weighted by Gasteiger charge is 2.40. The van der Waals surface area contributed by atoms with Gasteiger partial charge in [-0.25, -0.2) is 9.36 Å². The van der Waals surface area contributed by atoms with Gasteiger partial charge in [-0.2, -0.15) is 16.6 Å². The molecule has 0 N–H and O–H groups in total. The van der Waals surface area contributed by atoms with Crippen molar-refractivity contribution in [3.63, 3.8) is 0 Å². The second-order valence-electron chi connectivity index (χ2n) is 10.4. The Hall–Kier alpha value is -0.0700. The van der Waals surface area contributed by atoms with Crippen molar-refractivity contribution in [3.8, 4) is 0 Å². The van der Waals surface area contributed by atoms with E-state index in [0.29, 0.717) is 6.42 Å². The summed E-state index contributed by atoms with van der Waals surface area (Å²) < 4.78 is 23.5. The molecular formula is C29H59O6PS. The van der Waals surface area contributed by atoms with Crippen LogP contribution in [0.1, 0.15) is 151 Å². The van der Waals surface area contributed by atoms with Crippen molar-refractivity contribution in [2.45, 2.75) is 168 Å². The Morgan fingerprint density at radius 2 is 1.24 bits per heavy atom. The molecule has 0 bridgehead atoms. The third kappa shape index (κ3) is 20.5. The lowest BCUT2D eigenvalue weighted by molar-refractivity contribution is -0.262. The number of hydrogen-bond acceptors (Lipinski definition) is 7. The zero-order valence-electron chi connectivity index (χ0n) is 25.0. The Balaban J connectivity index is 4.68. The summed E-state index contributed by atoms with van der Waals surface area (Å²) in [6, 6.07) is 0. The summed E-state index contributed by atoms with van der Waals surface area (Å²) in [4.78, 5) is 23.1. The molecule has 37 heavy (non-hydrogen) atoms. The van der Waals surface area contributed by atoms with Crippen LogP contribution in [0.15, 0.2) is 0 Å². The van der Waals surface area contributed by atoms with Crippen LogP contribution < -0.4 is 0 Å². The maximum Gasteiger partial charge on any atom is 0.452 e. The molecule has 0 saturated heterocycles. The lowest BCUT2D eigenvalue weighted by Gasteiger charge is -2.24. The average molecular weight is 567 g/mol. The molecule has 0 saturated carbocycles. The Kier molecular flexibility index (Phi) is 24.9. The van der Waals surface area contributed by atoms with Crippen molar-refractivity contribution in [1.82, 2.24) is 0 Å². The predicted octanol–water partition coefficient (Wildman–Crippen LogP) is 10.9. The fourth-order valence-electron chi connectivity index (χ4n) is 4.07. The molecule has 0 heterocycles. The van der Waals surface area contributed by atoms with Crippen LogP contribution in [0, 0.1) is 0 Å². The van der Waals surface area contributed by atoms with Crippen molar-refractivity contribution in [2.24, 2.45) is 0 Å². The molecule has 222 valence electrons. The SMILES string of the molecule is CCCCCCCCCCSC(CCCCCCCCC)C(C)OOC(=O)P(=O)(OCCC)OC(C)C. The first-order chi connectivity index (χ1) is 17.8. The van der Waals surface area contributed by atoms with E-state index in [1.165, 1.54) is 89.9 Å². The van der Waals surface area contributed by atoms with Gasteiger partial charge in [-0.15, -0.1) is 0 Å². The van der Waals surface area contributed by atoms with Gasteiger partial charge in [-0.1, -0.05) is 111 Å². The molecule has 0 aromatic rings.